The number of nitrogens with one attached hydrogen (secondary N) is 3. The molecule has 290 valence electrons. The molecule has 0 aliphatic heterocycles. The third-order valence-corrected chi connectivity index (χ3v) is 9.44. The van der Waals surface area contributed by atoms with Crippen LogP contribution in [0.25, 0.3) is 0 Å². The Balaban J connectivity index is 0.000000204. The van der Waals surface area contributed by atoms with E-state index in [0.717, 1.165) is 37.0 Å². The third-order valence-electron chi connectivity index (χ3n) is 9.03. The largest absolute Gasteiger partial charge is 0.480 e. The SMILES string of the molecule is CCCC(NC1CCc2cc(F)cc(F)c2C1)C(=O)Nc1cnccn1.CCCC(NC1CCc2cc(F)cc(F)c2C1)C(=O)O.Nc1cnc(Br)cn1. The average Bonchev–Trinajstić information content (AvgIpc) is 3.14. The van der Waals surface area contributed by atoms with Gasteiger partial charge in [0.15, 0.2) is 5.82 Å². The molecule has 2 heterocycles. The summed E-state index contributed by atoms with van der Waals surface area (Å²) in [4.78, 5) is 39.2. The molecule has 4 unspecified atom stereocenters. The van der Waals surface area contributed by atoms with Crippen LogP contribution in [-0.2, 0) is 35.3 Å². The maximum absolute atomic E-state index is 14.1. The van der Waals surface area contributed by atoms with E-state index in [9.17, 15) is 27.2 Å². The first-order valence-electron chi connectivity index (χ1n) is 17.8. The molecule has 54 heavy (non-hydrogen) atoms. The molecule has 6 rings (SSSR count). The number of amides is 1. The van der Waals surface area contributed by atoms with E-state index in [1.165, 1.54) is 36.9 Å². The molecule has 0 radical (unpaired) electrons. The number of carboxylic acid groups (broad SMARTS) is 1. The Labute approximate surface area is 320 Å². The second kappa shape index (κ2) is 20.8. The normalized spacial score (nSPS) is 16.9. The third kappa shape index (κ3) is 12.8. The van der Waals surface area contributed by atoms with Crippen molar-refractivity contribution in [1.82, 2.24) is 30.6 Å². The highest BCUT2D eigenvalue weighted by atomic mass is 79.9. The van der Waals surface area contributed by atoms with Crippen molar-refractivity contribution < 1.29 is 32.3 Å². The Morgan fingerprint density at radius 1 is 0.815 bits per heavy atom. The fourth-order valence-corrected chi connectivity index (χ4v) is 6.68. The van der Waals surface area contributed by atoms with Gasteiger partial charge in [0.25, 0.3) is 0 Å². The molecule has 6 N–H and O–H groups in total. The molecule has 2 aliphatic carbocycles. The summed E-state index contributed by atoms with van der Waals surface area (Å²) in [5, 5.41) is 18.3. The predicted molar refractivity (Wildman–Crippen MR) is 200 cm³/mol. The van der Waals surface area contributed by atoms with Crippen molar-refractivity contribution in [3.63, 3.8) is 0 Å². The number of hydrogen-bond donors (Lipinski definition) is 5. The quantitative estimate of drug-likeness (QED) is 0.106. The van der Waals surface area contributed by atoms with Crippen LogP contribution in [0, 0.1) is 23.3 Å². The summed E-state index contributed by atoms with van der Waals surface area (Å²) in [6, 6.07) is 3.47. The van der Waals surface area contributed by atoms with Crippen molar-refractivity contribution >= 4 is 39.4 Å². The van der Waals surface area contributed by atoms with E-state index in [0.29, 0.717) is 77.9 Å². The first-order valence-corrected chi connectivity index (χ1v) is 18.6. The van der Waals surface area contributed by atoms with Gasteiger partial charge in [-0.2, -0.15) is 0 Å². The van der Waals surface area contributed by atoms with Gasteiger partial charge in [-0.3, -0.25) is 14.6 Å². The number of hydrogen-bond acceptors (Lipinski definition) is 9. The van der Waals surface area contributed by atoms with Crippen LogP contribution in [0.4, 0.5) is 29.2 Å². The second-order valence-electron chi connectivity index (χ2n) is 13.1. The first-order chi connectivity index (χ1) is 25.9. The lowest BCUT2D eigenvalue weighted by atomic mass is 9.87. The van der Waals surface area contributed by atoms with Gasteiger partial charge >= 0.3 is 5.97 Å². The minimum Gasteiger partial charge on any atom is -0.480 e. The Morgan fingerprint density at radius 3 is 1.83 bits per heavy atom. The number of carbonyl (C=O) groups is 2. The predicted octanol–water partition coefficient (Wildman–Crippen LogP) is 6.50. The lowest BCUT2D eigenvalue weighted by Gasteiger charge is -2.29. The number of carbonyl (C=O) groups excluding carboxylic acids is 1. The second-order valence-corrected chi connectivity index (χ2v) is 13.9. The summed E-state index contributed by atoms with van der Waals surface area (Å²) in [5.41, 5.74) is 7.70. The van der Waals surface area contributed by atoms with Gasteiger partial charge in [0.1, 0.15) is 39.7 Å². The summed E-state index contributed by atoms with van der Waals surface area (Å²) in [6.07, 6.45) is 13.8. The molecular formula is C38H45BrF4N8O3. The van der Waals surface area contributed by atoms with E-state index in [1.54, 1.807) is 6.20 Å². The molecule has 0 fully saturated rings. The van der Waals surface area contributed by atoms with Gasteiger partial charge in [-0.05, 0) is 102 Å². The molecule has 1 amide bonds. The lowest BCUT2D eigenvalue weighted by Crippen LogP contribution is -2.48. The molecule has 0 saturated heterocycles. The van der Waals surface area contributed by atoms with E-state index in [-0.39, 0.29) is 18.0 Å². The molecule has 16 heteroatoms. The molecule has 4 atom stereocenters. The molecular weight excluding hydrogens is 772 g/mol. The molecule has 0 spiro atoms. The van der Waals surface area contributed by atoms with Gasteiger partial charge in [-0.25, -0.2) is 32.5 Å². The monoisotopic (exact) mass is 816 g/mol. The number of benzene rings is 2. The zero-order valence-corrected chi connectivity index (χ0v) is 31.7. The van der Waals surface area contributed by atoms with Gasteiger partial charge in [0.2, 0.25) is 5.91 Å². The number of nitrogen functional groups attached to an aromatic ring is 1. The van der Waals surface area contributed by atoms with Crippen LogP contribution < -0.4 is 21.7 Å². The number of nitrogens with two attached hydrogens (primary N) is 1. The number of aliphatic carboxylic acids is 1. The summed E-state index contributed by atoms with van der Waals surface area (Å²) in [5.74, 6) is -2.36. The molecule has 4 aromatic rings. The van der Waals surface area contributed by atoms with Crippen LogP contribution in [0.15, 0.2) is 59.9 Å². The summed E-state index contributed by atoms with van der Waals surface area (Å²) in [6.45, 7) is 3.93. The van der Waals surface area contributed by atoms with Crippen molar-refractivity contribution in [3.8, 4) is 0 Å². The summed E-state index contributed by atoms with van der Waals surface area (Å²) >= 11 is 3.12. The van der Waals surface area contributed by atoms with E-state index < -0.39 is 41.3 Å². The number of aromatic nitrogens is 4. The van der Waals surface area contributed by atoms with E-state index >= 15 is 0 Å². The Kier molecular flexibility index (Phi) is 16.2. The van der Waals surface area contributed by atoms with E-state index in [4.69, 9.17) is 10.8 Å². The highest BCUT2D eigenvalue weighted by molar-refractivity contribution is 9.10. The summed E-state index contributed by atoms with van der Waals surface area (Å²) in [7, 11) is 0. The fourth-order valence-electron chi connectivity index (χ4n) is 6.47. The van der Waals surface area contributed by atoms with Crippen LogP contribution in [0.3, 0.4) is 0 Å². The molecule has 2 aromatic carbocycles. The smallest absolute Gasteiger partial charge is 0.320 e. The Morgan fingerprint density at radius 2 is 1.37 bits per heavy atom. The van der Waals surface area contributed by atoms with E-state index in [2.05, 4.69) is 51.8 Å². The van der Waals surface area contributed by atoms with Crippen LogP contribution in [0.5, 0.6) is 0 Å². The minimum absolute atomic E-state index is 0.0355. The number of anilines is 2. The zero-order valence-electron chi connectivity index (χ0n) is 30.1. The van der Waals surface area contributed by atoms with Gasteiger partial charge in [0.05, 0.1) is 24.6 Å². The van der Waals surface area contributed by atoms with Crippen molar-refractivity contribution in [2.45, 2.75) is 102 Å². The number of nitrogens with zero attached hydrogens (tertiary/aromatic N) is 4. The number of fused-ring (bicyclic) bond motifs is 2. The van der Waals surface area contributed by atoms with Gasteiger partial charge in [0, 0.05) is 36.6 Å². The van der Waals surface area contributed by atoms with Crippen LogP contribution >= 0.6 is 15.9 Å². The maximum atomic E-state index is 14.1. The van der Waals surface area contributed by atoms with Crippen molar-refractivity contribution in [3.05, 3.63) is 105 Å². The lowest BCUT2D eigenvalue weighted by molar-refractivity contribution is -0.140. The van der Waals surface area contributed by atoms with Crippen molar-refractivity contribution in [1.29, 1.82) is 0 Å². The molecule has 0 bridgehead atoms. The van der Waals surface area contributed by atoms with Gasteiger partial charge in [-0.1, -0.05) is 26.7 Å². The zero-order chi connectivity index (χ0) is 39.2. The topological polar surface area (TPSA) is 168 Å². The number of halogens is 5. The van der Waals surface area contributed by atoms with Crippen LogP contribution in [0.1, 0.15) is 74.6 Å². The average molecular weight is 818 g/mol. The van der Waals surface area contributed by atoms with Crippen molar-refractivity contribution in [2.75, 3.05) is 11.1 Å². The molecule has 2 aliphatic rings. The molecule has 0 saturated carbocycles. The summed E-state index contributed by atoms with van der Waals surface area (Å²) < 4.78 is 55.0. The van der Waals surface area contributed by atoms with Crippen molar-refractivity contribution in [2.24, 2.45) is 0 Å². The minimum atomic E-state index is -0.878. The van der Waals surface area contributed by atoms with Gasteiger partial charge < -0.3 is 26.8 Å². The van der Waals surface area contributed by atoms with E-state index in [1.807, 2.05) is 13.8 Å². The highest BCUT2D eigenvalue weighted by Crippen LogP contribution is 2.27. The number of rotatable bonds is 11. The highest BCUT2D eigenvalue weighted by Gasteiger charge is 2.28. The fraction of sp³-hybridized carbons (Fsp3) is 0.421. The molecule has 2 aromatic heterocycles. The first kappa shape index (κ1) is 42.2. The van der Waals surface area contributed by atoms with Crippen LogP contribution in [0.2, 0.25) is 0 Å². The Hall–Kier alpha value is -4.54. The molecule has 11 nitrogen and oxygen atoms in total. The number of carboxylic acids is 1. The van der Waals surface area contributed by atoms with Crippen LogP contribution in [-0.4, -0.2) is 61.1 Å². The maximum Gasteiger partial charge on any atom is 0.320 e. The van der Waals surface area contributed by atoms with Gasteiger partial charge in [-0.15, -0.1) is 0 Å². The number of aryl methyl sites for hydroxylation is 2. The Bertz CT molecular complexity index is 1820. The standard InChI is InChI=1S/C19H22F2N4O.C15H19F2NO2.C4H4BrN3/c1-2-3-17(19(26)25-18-11-22-6-7-23-18)24-14-5-4-12-8-13(20)9-16(21)15(12)10-14;1-2-3-14(15(19)20)18-11-5-4-9-6-10(16)7-13(17)12(9)8-11;5-3-1-8-4(6)2-7-3/h6-9,11,14,17,24H,2-5,10H2,1H3,(H,23,25,26);6-7,11,14,18H,2-5,8H2,1H3,(H,19,20);1-2H,(H2,6,8).